The van der Waals surface area contributed by atoms with E-state index in [9.17, 15) is 0 Å². The third-order valence-electron chi connectivity index (χ3n) is 14.4. The lowest BCUT2D eigenvalue weighted by atomic mass is 10.3. The summed E-state index contributed by atoms with van der Waals surface area (Å²) in [6.45, 7) is 17.4. The van der Waals surface area contributed by atoms with Gasteiger partial charge in [-0.25, -0.2) is 0 Å². The zero-order valence-corrected chi connectivity index (χ0v) is 59.4. The Morgan fingerprint density at radius 2 is 0.467 bits per heavy atom. The van der Waals surface area contributed by atoms with Gasteiger partial charge in [-0.15, -0.1) is 0 Å². The molecule has 0 amide bonds. The van der Waals surface area contributed by atoms with Crippen LogP contribution in [0.5, 0.6) is 17.2 Å². The second kappa shape index (κ2) is 46.6. The summed E-state index contributed by atoms with van der Waals surface area (Å²) in [6, 6.07) is 19.2. The van der Waals surface area contributed by atoms with E-state index in [2.05, 4.69) is 222 Å². The number of benzene rings is 1. The van der Waals surface area contributed by atoms with Crippen molar-refractivity contribution in [1.29, 1.82) is 0 Å². The first-order valence-electron chi connectivity index (χ1n) is 29.1. The van der Waals surface area contributed by atoms with Gasteiger partial charge in [0.2, 0.25) is 0 Å². The monoisotopic (exact) mass is 1210 g/mol. The summed E-state index contributed by atoms with van der Waals surface area (Å²) in [5.74, 6) is 18.0. The van der Waals surface area contributed by atoms with Crippen molar-refractivity contribution in [2.24, 2.45) is 0 Å². The second-order valence-electron chi connectivity index (χ2n) is 24.0. The van der Waals surface area contributed by atoms with Crippen LogP contribution < -0.4 is 14.2 Å². The Kier molecular flexibility index (Phi) is 46.1. The molecule has 1 aromatic carbocycles. The highest BCUT2D eigenvalue weighted by Crippen LogP contribution is 2.33. The molecule has 75 heavy (non-hydrogen) atoms. The molecule has 0 unspecified atom stereocenters. The summed E-state index contributed by atoms with van der Waals surface area (Å²) >= 11 is 13.0. The average molecular weight is 1210 g/mol. The van der Waals surface area contributed by atoms with Crippen LogP contribution in [0.1, 0.15) is 38.5 Å². The molecular formula is C57H120N6O3S6Si3. The quantitative estimate of drug-likeness (QED) is 0.0459. The Hall–Kier alpha value is 1.13. The summed E-state index contributed by atoms with van der Waals surface area (Å²) < 4.78 is 19.9. The van der Waals surface area contributed by atoms with Gasteiger partial charge in [0.25, 0.3) is 0 Å². The molecule has 444 valence electrons. The molecule has 0 aliphatic rings. The molecule has 0 heterocycles. The van der Waals surface area contributed by atoms with E-state index >= 15 is 0 Å². The highest BCUT2D eigenvalue weighted by molar-refractivity contribution is 8.00. The highest BCUT2D eigenvalue weighted by atomic mass is 32.2. The Bertz CT molecular complexity index is 1250. The molecule has 0 aliphatic carbocycles. The fourth-order valence-electron chi connectivity index (χ4n) is 8.46. The first-order valence-corrected chi connectivity index (χ1v) is 45.4. The molecule has 0 saturated carbocycles. The van der Waals surface area contributed by atoms with Crippen molar-refractivity contribution in [1.82, 2.24) is 29.4 Å². The zero-order valence-electron chi connectivity index (χ0n) is 51.5. The third-order valence-corrected chi connectivity index (χ3v) is 35.8. The summed E-state index contributed by atoms with van der Waals surface area (Å²) in [7, 11) is 22.3. The van der Waals surface area contributed by atoms with Crippen molar-refractivity contribution in [2.45, 2.75) is 113 Å². The topological polar surface area (TPSA) is 47.1 Å². The van der Waals surface area contributed by atoms with Crippen molar-refractivity contribution < 1.29 is 14.2 Å². The van der Waals surface area contributed by atoms with E-state index in [1.807, 2.05) is 0 Å². The van der Waals surface area contributed by atoms with Crippen molar-refractivity contribution in [3.05, 3.63) is 18.2 Å². The van der Waals surface area contributed by atoms with Crippen LogP contribution >= 0.6 is 70.6 Å². The molecule has 0 saturated heterocycles. The van der Waals surface area contributed by atoms with Crippen LogP contribution in [-0.2, 0) is 0 Å². The summed E-state index contributed by atoms with van der Waals surface area (Å²) in [5.41, 5.74) is 0. The van der Waals surface area contributed by atoms with E-state index < -0.39 is 24.2 Å². The van der Waals surface area contributed by atoms with Crippen molar-refractivity contribution in [3.8, 4) is 17.2 Å². The van der Waals surface area contributed by atoms with Crippen LogP contribution in [-0.4, -0.2) is 266 Å². The Morgan fingerprint density at radius 3 is 0.640 bits per heavy atom. The molecule has 9 nitrogen and oxygen atoms in total. The van der Waals surface area contributed by atoms with Gasteiger partial charge in [-0.05, 0) is 175 Å². The predicted octanol–water partition coefficient (Wildman–Crippen LogP) is 13.2. The number of hydrogen-bond donors (Lipinski definition) is 0. The van der Waals surface area contributed by atoms with Gasteiger partial charge in [-0.3, -0.25) is 0 Å². The van der Waals surface area contributed by atoms with Crippen LogP contribution in [0.25, 0.3) is 0 Å². The zero-order chi connectivity index (χ0) is 55.6. The number of hydrogen-bond acceptors (Lipinski definition) is 15. The molecule has 0 aromatic heterocycles. The van der Waals surface area contributed by atoms with E-state index in [1.54, 1.807) is 0 Å². The molecule has 0 fully saturated rings. The van der Waals surface area contributed by atoms with E-state index in [0.29, 0.717) is 0 Å². The van der Waals surface area contributed by atoms with Crippen molar-refractivity contribution in [3.63, 3.8) is 0 Å². The molecule has 0 atom stereocenters. The van der Waals surface area contributed by atoms with Gasteiger partial charge in [-0.1, -0.05) is 57.0 Å². The molecule has 0 aliphatic heterocycles. The molecule has 1 rings (SSSR count). The maximum Gasteiger partial charge on any atom is 0.126 e. The summed E-state index contributed by atoms with van der Waals surface area (Å²) in [5, 5.41) is 0. The minimum Gasteiger partial charge on any atom is -0.493 e. The predicted molar refractivity (Wildman–Crippen MR) is 364 cm³/mol. The summed E-state index contributed by atoms with van der Waals surface area (Å²) in [4.78, 5) is 13.9. The molecule has 0 spiro atoms. The fraction of sp³-hybridized carbons (Fsp3) is 0.895. The largest absolute Gasteiger partial charge is 0.493 e. The van der Waals surface area contributed by atoms with Gasteiger partial charge in [0.05, 0.1) is 44.0 Å². The standard InChI is InChI=1S/C57H120N6O3S6Si3/c1-58(2)22-31-67-37-46-73(13,47-38-68-32-23-59(3)4)43-19-16-28-64-55-52-56(65-29-17-20-44-74(14,48-39-69-33-24-60(5)6)49-40-70-34-25-61(7)8)54-57(53-55)66-30-18-21-45-75(15,50-41-71-35-26-62(9)10)51-42-72-36-27-63(11)12/h52-54H,16-51H2,1-15H3. The minimum absolute atomic E-state index is 0.747. The maximum absolute atomic E-state index is 6.62. The Morgan fingerprint density at radius 1 is 0.280 bits per heavy atom. The van der Waals surface area contributed by atoms with Gasteiger partial charge < -0.3 is 43.6 Å². The average Bonchev–Trinajstić information content (AvgIpc) is 3.32. The van der Waals surface area contributed by atoms with Crippen molar-refractivity contribution in [2.75, 3.05) is 213 Å². The third kappa shape index (κ3) is 45.3. The highest BCUT2D eigenvalue weighted by Gasteiger charge is 2.28. The lowest BCUT2D eigenvalue weighted by Crippen LogP contribution is -2.31. The lowest BCUT2D eigenvalue weighted by Gasteiger charge is -2.28. The minimum atomic E-state index is -1.35. The SMILES string of the molecule is CN(C)CCSCC[Si](C)(CCCCOc1cc(OCCCC[Si](C)(CCSCCN(C)C)CCSCCN(C)C)cc(OCCCC[Si](C)(CCSCCN(C)C)CCSCCN(C)C)c1)CCSCCN(C)C. The molecule has 1 aromatic rings. The number of thioether (sulfide) groups is 6. The van der Waals surface area contributed by atoms with Crippen LogP contribution in [0.2, 0.25) is 74.0 Å². The molecule has 18 heteroatoms. The lowest BCUT2D eigenvalue weighted by molar-refractivity contribution is 0.279. The molecule has 0 radical (unpaired) electrons. The normalized spacial score (nSPS) is 12.8. The van der Waals surface area contributed by atoms with E-state index in [4.69, 9.17) is 14.2 Å². The Balaban J connectivity index is 3.05. The summed E-state index contributed by atoms with van der Waals surface area (Å²) in [6.07, 6.45) is 7.06. The van der Waals surface area contributed by atoms with Crippen LogP contribution in [0.3, 0.4) is 0 Å². The number of nitrogens with zero attached hydrogens (tertiary/aromatic N) is 6. The smallest absolute Gasteiger partial charge is 0.126 e. The van der Waals surface area contributed by atoms with Gasteiger partial charge in [-0.2, -0.15) is 70.6 Å². The van der Waals surface area contributed by atoms with E-state index in [-0.39, 0.29) is 0 Å². The van der Waals surface area contributed by atoms with Crippen LogP contribution in [0, 0.1) is 0 Å². The molecule has 0 bridgehead atoms. The van der Waals surface area contributed by atoms with Gasteiger partial charge in [0.1, 0.15) is 17.2 Å². The first kappa shape index (κ1) is 74.1. The van der Waals surface area contributed by atoms with Crippen molar-refractivity contribution >= 4 is 94.8 Å². The second-order valence-corrected chi connectivity index (χ2v) is 46.7. The van der Waals surface area contributed by atoms with Gasteiger partial charge in [0, 0.05) is 92.0 Å². The van der Waals surface area contributed by atoms with Crippen LogP contribution in [0.15, 0.2) is 18.2 Å². The van der Waals surface area contributed by atoms with E-state index in [0.717, 1.165) is 56.3 Å². The maximum atomic E-state index is 6.62. The first-order chi connectivity index (χ1) is 35.7. The number of rotatable bonds is 54. The van der Waals surface area contributed by atoms with Crippen LogP contribution in [0.4, 0.5) is 0 Å². The van der Waals surface area contributed by atoms with Gasteiger partial charge in [0.15, 0.2) is 0 Å². The van der Waals surface area contributed by atoms with Gasteiger partial charge >= 0.3 is 0 Å². The number of unbranched alkanes of at least 4 members (excludes halogenated alkanes) is 3. The van der Waals surface area contributed by atoms with E-state index in [1.165, 1.54) is 182 Å². The molecular weight excluding hydrogens is 1090 g/mol. The molecule has 0 N–H and O–H groups in total. The Labute approximate surface area is 495 Å². The number of ether oxygens (including phenoxy) is 3. The fourth-order valence-corrected chi connectivity index (χ4v) is 33.5.